The molecule has 0 aliphatic carbocycles. The lowest BCUT2D eigenvalue weighted by Gasteiger charge is -2.16. The molecule has 1 aliphatic rings. The Labute approximate surface area is 146 Å². The van der Waals surface area contributed by atoms with E-state index in [0.717, 1.165) is 13.1 Å². The second-order valence-electron chi connectivity index (χ2n) is 5.48. The summed E-state index contributed by atoms with van der Waals surface area (Å²) < 4.78 is 16.0. The third-order valence-electron chi connectivity index (χ3n) is 3.86. The number of methoxy groups -OCH3 is 3. The number of hydrogen-bond acceptors (Lipinski definition) is 9. The summed E-state index contributed by atoms with van der Waals surface area (Å²) >= 11 is 0. The molecule has 1 aliphatic heterocycles. The molecule has 1 aromatic heterocycles. The van der Waals surface area contributed by atoms with E-state index in [1.165, 1.54) is 19.2 Å². The highest BCUT2D eigenvalue weighted by atomic mass is 16.5. The van der Waals surface area contributed by atoms with Crippen LogP contribution in [0.4, 0.5) is 17.6 Å². The zero-order chi connectivity index (χ0) is 17.6. The Bertz CT molecular complexity index is 696. The quantitative estimate of drug-likeness (QED) is 0.781. The fraction of sp³-hybridized carbons (Fsp3) is 0.438. The zero-order valence-corrected chi connectivity index (χ0v) is 14.6. The molecule has 1 fully saturated rings. The standard InChI is InChI=1S/C16H22N6O3/c1-23-12-8-11(9-13(24-2)14(12)25-3)19-15-17-10-18-16(20-15)21-22-6-4-5-7-22/h8-10H,4-7H2,1-3H3,(H2,17,18,19,20,21). The molecule has 2 aromatic rings. The maximum Gasteiger partial charge on any atom is 0.242 e. The fourth-order valence-electron chi connectivity index (χ4n) is 2.66. The molecule has 9 heteroatoms. The van der Waals surface area contributed by atoms with Crippen molar-refractivity contribution in [3.8, 4) is 17.2 Å². The molecular weight excluding hydrogens is 324 g/mol. The molecule has 134 valence electrons. The minimum Gasteiger partial charge on any atom is -0.493 e. The number of hydrogen-bond donors (Lipinski definition) is 2. The van der Waals surface area contributed by atoms with Gasteiger partial charge in [0.25, 0.3) is 0 Å². The van der Waals surface area contributed by atoms with Crippen LogP contribution in [0.1, 0.15) is 12.8 Å². The van der Waals surface area contributed by atoms with E-state index in [9.17, 15) is 0 Å². The lowest BCUT2D eigenvalue weighted by molar-refractivity contribution is 0.324. The van der Waals surface area contributed by atoms with Crippen molar-refractivity contribution >= 4 is 17.6 Å². The summed E-state index contributed by atoms with van der Waals surface area (Å²) in [5.41, 5.74) is 3.91. The van der Waals surface area contributed by atoms with Gasteiger partial charge in [0.15, 0.2) is 11.5 Å². The molecule has 0 saturated carbocycles. The van der Waals surface area contributed by atoms with E-state index in [-0.39, 0.29) is 0 Å². The van der Waals surface area contributed by atoms with Gasteiger partial charge in [0, 0.05) is 30.9 Å². The Morgan fingerprint density at radius 1 is 0.920 bits per heavy atom. The first-order valence-electron chi connectivity index (χ1n) is 8.01. The third-order valence-corrected chi connectivity index (χ3v) is 3.86. The van der Waals surface area contributed by atoms with E-state index in [1.54, 1.807) is 33.5 Å². The van der Waals surface area contributed by atoms with Gasteiger partial charge >= 0.3 is 0 Å². The lowest BCUT2D eigenvalue weighted by Crippen LogP contribution is -2.27. The van der Waals surface area contributed by atoms with Crippen molar-refractivity contribution in [2.75, 3.05) is 45.2 Å². The molecule has 2 heterocycles. The van der Waals surface area contributed by atoms with Crippen LogP contribution in [-0.2, 0) is 0 Å². The Hall–Kier alpha value is -2.81. The van der Waals surface area contributed by atoms with Crippen molar-refractivity contribution in [1.82, 2.24) is 20.0 Å². The zero-order valence-electron chi connectivity index (χ0n) is 14.6. The Morgan fingerprint density at radius 3 is 2.16 bits per heavy atom. The highest BCUT2D eigenvalue weighted by Gasteiger charge is 2.15. The van der Waals surface area contributed by atoms with Crippen molar-refractivity contribution in [3.05, 3.63) is 18.5 Å². The average Bonchev–Trinajstić information content (AvgIpc) is 3.14. The SMILES string of the molecule is COc1cc(Nc2ncnc(NN3CCCC3)n2)cc(OC)c1OC. The van der Waals surface area contributed by atoms with E-state index in [2.05, 4.69) is 30.7 Å². The summed E-state index contributed by atoms with van der Waals surface area (Å²) in [5.74, 6) is 2.56. The first-order valence-corrected chi connectivity index (χ1v) is 8.01. The molecule has 3 rings (SSSR count). The molecule has 0 bridgehead atoms. The lowest BCUT2D eigenvalue weighted by atomic mass is 10.2. The van der Waals surface area contributed by atoms with Crippen LogP contribution < -0.4 is 25.0 Å². The van der Waals surface area contributed by atoms with Crippen LogP contribution >= 0.6 is 0 Å². The smallest absolute Gasteiger partial charge is 0.242 e. The molecule has 0 spiro atoms. The Kier molecular flexibility index (Phi) is 5.34. The number of rotatable bonds is 7. The van der Waals surface area contributed by atoms with Crippen molar-refractivity contribution in [2.24, 2.45) is 0 Å². The van der Waals surface area contributed by atoms with Crippen molar-refractivity contribution in [3.63, 3.8) is 0 Å². The molecule has 9 nitrogen and oxygen atoms in total. The van der Waals surface area contributed by atoms with Gasteiger partial charge < -0.3 is 19.5 Å². The maximum absolute atomic E-state index is 5.35. The summed E-state index contributed by atoms with van der Waals surface area (Å²) in [6.45, 7) is 1.97. The maximum atomic E-state index is 5.35. The van der Waals surface area contributed by atoms with Gasteiger partial charge in [-0.1, -0.05) is 0 Å². The monoisotopic (exact) mass is 346 g/mol. The van der Waals surface area contributed by atoms with Crippen molar-refractivity contribution in [2.45, 2.75) is 12.8 Å². The van der Waals surface area contributed by atoms with E-state index < -0.39 is 0 Å². The van der Waals surface area contributed by atoms with Crippen LogP contribution in [0.5, 0.6) is 17.2 Å². The molecule has 0 amide bonds. The second-order valence-corrected chi connectivity index (χ2v) is 5.48. The van der Waals surface area contributed by atoms with Gasteiger partial charge in [0.1, 0.15) is 6.33 Å². The molecule has 2 N–H and O–H groups in total. The van der Waals surface area contributed by atoms with Gasteiger partial charge in [-0.3, -0.25) is 5.43 Å². The van der Waals surface area contributed by atoms with Crippen LogP contribution in [0.2, 0.25) is 0 Å². The Morgan fingerprint density at radius 2 is 1.56 bits per heavy atom. The van der Waals surface area contributed by atoms with Crippen LogP contribution in [0.25, 0.3) is 0 Å². The number of nitrogens with zero attached hydrogens (tertiary/aromatic N) is 4. The van der Waals surface area contributed by atoms with Gasteiger partial charge in [-0.25, -0.2) is 15.0 Å². The van der Waals surface area contributed by atoms with E-state index in [1.807, 2.05) is 0 Å². The summed E-state index contributed by atoms with van der Waals surface area (Å²) in [6.07, 6.45) is 3.81. The molecule has 1 aromatic carbocycles. The number of benzene rings is 1. The van der Waals surface area contributed by atoms with Crippen molar-refractivity contribution < 1.29 is 14.2 Å². The highest BCUT2D eigenvalue weighted by molar-refractivity contribution is 5.65. The number of aromatic nitrogens is 3. The van der Waals surface area contributed by atoms with Gasteiger partial charge in [-0.2, -0.15) is 4.98 Å². The number of ether oxygens (including phenoxy) is 3. The predicted octanol–water partition coefficient (Wildman–Crippen LogP) is 2.06. The van der Waals surface area contributed by atoms with Crippen LogP contribution in [-0.4, -0.2) is 54.4 Å². The van der Waals surface area contributed by atoms with E-state index >= 15 is 0 Å². The topological polar surface area (TPSA) is 93.7 Å². The van der Waals surface area contributed by atoms with Gasteiger partial charge in [-0.05, 0) is 12.8 Å². The number of hydrazine groups is 1. The van der Waals surface area contributed by atoms with Crippen LogP contribution in [0.3, 0.4) is 0 Å². The van der Waals surface area contributed by atoms with Gasteiger partial charge in [-0.15, -0.1) is 0 Å². The van der Waals surface area contributed by atoms with Crippen molar-refractivity contribution in [1.29, 1.82) is 0 Å². The van der Waals surface area contributed by atoms with E-state index in [0.29, 0.717) is 34.8 Å². The fourth-order valence-corrected chi connectivity index (χ4v) is 2.66. The first-order chi connectivity index (χ1) is 12.2. The normalized spacial score (nSPS) is 14.2. The summed E-state index contributed by atoms with van der Waals surface area (Å²) in [6, 6.07) is 3.58. The first kappa shape index (κ1) is 17.0. The number of anilines is 3. The highest BCUT2D eigenvalue weighted by Crippen LogP contribution is 2.40. The van der Waals surface area contributed by atoms with Gasteiger partial charge in [0.2, 0.25) is 17.6 Å². The molecule has 1 saturated heterocycles. The van der Waals surface area contributed by atoms with Crippen LogP contribution in [0.15, 0.2) is 18.5 Å². The average molecular weight is 346 g/mol. The largest absolute Gasteiger partial charge is 0.493 e. The van der Waals surface area contributed by atoms with Crippen LogP contribution in [0, 0.1) is 0 Å². The minimum absolute atomic E-state index is 0.422. The second kappa shape index (κ2) is 7.84. The molecular formula is C16H22N6O3. The van der Waals surface area contributed by atoms with Gasteiger partial charge in [0.05, 0.1) is 21.3 Å². The molecule has 25 heavy (non-hydrogen) atoms. The summed E-state index contributed by atoms with van der Waals surface area (Å²) in [7, 11) is 4.71. The minimum atomic E-state index is 0.422. The Balaban J connectivity index is 1.79. The summed E-state index contributed by atoms with van der Waals surface area (Å²) in [5, 5.41) is 5.23. The molecule has 0 unspecified atom stereocenters. The summed E-state index contributed by atoms with van der Waals surface area (Å²) in [4.78, 5) is 12.7. The predicted molar refractivity (Wildman–Crippen MR) is 93.6 cm³/mol. The molecule has 0 radical (unpaired) electrons. The third kappa shape index (κ3) is 4.00. The molecule has 0 atom stereocenters. The number of nitrogens with one attached hydrogen (secondary N) is 2. The van der Waals surface area contributed by atoms with E-state index in [4.69, 9.17) is 14.2 Å².